The van der Waals surface area contributed by atoms with E-state index in [0.29, 0.717) is 12.0 Å². The van der Waals surface area contributed by atoms with E-state index in [1.54, 1.807) is 12.3 Å². The van der Waals surface area contributed by atoms with E-state index >= 15 is 0 Å². The zero-order valence-corrected chi connectivity index (χ0v) is 13.6. The largest absolute Gasteiger partial charge is 0.469 e. The van der Waals surface area contributed by atoms with Gasteiger partial charge in [-0.25, -0.2) is 9.97 Å². The molecule has 0 saturated carbocycles. The van der Waals surface area contributed by atoms with Crippen molar-refractivity contribution >= 4 is 11.8 Å². The van der Waals surface area contributed by atoms with Crippen LogP contribution in [0.2, 0.25) is 0 Å². The lowest BCUT2D eigenvalue weighted by atomic mass is 9.96. The molecule has 0 atom stereocenters. The van der Waals surface area contributed by atoms with Gasteiger partial charge in [-0.3, -0.25) is 4.79 Å². The van der Waals surface area contributed by atoms with Gasteiger partial charge in [-0.1, -0.05) is 0 Å². The number of hydrogen-bond acceptors (Lipinski definition) is 6. The highest BCUT2D eigenvalue weighted by molar-refractivity contribution is 5.70. The van der Waals surface area contributed by atoms with Crippen LogP contribution in [0, 0.1) is 5.92 Å². The van der Waals surface area contributed by atoms with Gasteiger partial charge in [-0.15, -0.1) is 0 Å². The van der Waals surface area contributed by atoms with Crippen molar-refractivity contribution in [3.63, 3.8) is 0 Å². The van der Waals surface area contributed by atoms with Crippen molar-refractivity contribution in [3.05, 3.63) is 36.7 Å². The smallest absolute Gasteiger partial charge is 0.388 e. The molecule has 0 amide bonds. The normalized spacial score (nSPS) is 14.3. The van der Waals surface area contributed by atoms with Gasteiger partial charge in [0.05, 0.1) is 13.5 Å². The van der Waals surface area contributed by atoms with Gasteiger partial charge in [0.1, 0.15) is 5.82 Å². The van der Waals surface area contributed by atoms with Crippen LogP contribution in [0.15, 0.2) is 36.7 Å². The van der Waals surface area contributed by atoms with Gasteiger partial charge >= 0.3 is 12.6 Å². The summed E-state index contributed by atoms with van der Waals surface area (Å²) in [5.74, 6) is 0.753. The van der Waals surface area contributed by atoms with Gasteiger partial charge < -0.3 is 14.4 Å². The number of aromatic nitrogens is 2. The molecule has 0 aliphatic carbocycles. The number of alkyl halides is 2. The van der Waals surface area contributed by atoms with Gasteiger partial charge in [-0.2, -0.15) is 8.78 Å². The second-order valence-electron chi connectivity index (χ2n) is 5.72. The van der Waals surface area contributed by atoms with E-state index in [9.17, 15) is 13.6 Å². The summed E-state index contributed by atoms with van der Waals surface area (Å²) in [4.78, 5) is 21.4. The number of pyridine rings is 2. The first-order chi connectivity index (χ1) is 12.0. The van der Waals surface area contributed by atoms with Crippen molar-refractivity contribution in [2.75, 3.05) is 25.1 Å². The van der Waals surface area contributed by atoms with Gasteiger partial charge in [0, 0.05) is 43.0 Å². The van der Waals surface area contributed by atoms with Crippen molar-refractivity contribution in [2.45, 2.75) is 13.0 Å². The molecule has 3 rings (SSSR count). The molecule has 2 aromatic rings. The predicted molar refractivity (Wildman–Crippen MR) is 86.4 cm³/mol. The molecule has 0 bridgehead atoms. The number of esters is 1. The molecule has 132 valence electrons. The molecule has 8 heteroatoms. The summed E-state index contributed by atoms with van der Waals surface area (Å²) in [5.41, 5.74) is 1.47. The minimum absolute atomic E-state index is 0.134. The fourth-order valence-electron chi connectivity index (χ4n) is 2.69. The average Bonchev–Trinajstić information content (AvgIpc) is 2.57. The Morgan fingerprint density at radius 3 is 2.72 bits per heavy atom. The van der Waals surface area contributed by atoms with Gasteiger partial charge in [-0.05, 0) is 23.8 Å². The Kier molecular flexibility index (Phi) is 5.06. The summed E-state index contributed by atoms with van der Waals surface area (Å²) < 4.78 is 33.5. The highest BCUT2D eigenvalue weighted by Crippen LogP contribution is 2.28. The predicted octanol–water partition coefficient (Wildman–Crippen LogP) is 2.74. The Labute approximate surface area is 143 Å². The molecule has 2 aromatic heterocycles. The number of methoxy groups -OCH3 is 1. The summed E-state index contributed by atoms with van der Waals surface area (Å²) in [6.07, 6.45) is 3.49. The molecular formula is C17H17F2N3O3. The van der Waals surface area contributed by atoms with E-state index in [0.717, 1.165) is 24.5 Å². The Balaban J connectivity index is 1.63. The first-order valence-electron chi connectivity index (χ1n) is 7.74. The van der Waals surface area contributed by atoms with Gasteiger partial charge in [0.15, 0.2) is 0 Å². The Bertz CT molecular complexity index is 734. The first kappa shape index (κ1) is 17.1. The second-order valence-corrected chi connectivity index (χ2v) is 5.72. The van der Waals surface area contributed by atoms with E-state index in [-0.39, 0.29) is 17.8 Å². The monoisotopic (exact) mass is 349 g/mol. The minimum atomic E-state index is -2.91. The summed E-state index contributed by atoms with van der Waals surface area (Å²) >= 11 is 0. The number of anilines is 1. The number of halogens is 2. The van der Waals surface area contributed by atoms with Gasteiger partial charge in [0.2, 0.25) is 5.88 Å². The first-order valence-corrected chi connectivity index (χ1v) is 7.74. The molecule has 3 heterocycles. The lowest BCUT2D eigenvalue weighted by Gasteiger charge is -2.39. The third kappa shape index (κ3) is 4.20. The van der Waals surface area contributed by atoms with Gasteiger partial charge in [0.25, 0.3) is 0 Å². The zero-order valence-electron chi connectivity index (χ0n) is 13.6. The van der Waals surface area contributed by atoms with Crippen molar-refractivity contribution < 1.29 is 23.0 Å². The summed E-state index contributed by atoms with van der Waals surface area (Å²) in [6.45, 7) is -1.40. The molecule has 0 N–H and O–H groups in total. The number of carbonyl (C=O) groups excluding carboxylic acids is 1. The van der Waals surface area contributed by atoms with Crippen molar-refractivity contribution in [1.29, 1.82) is 0 Å². The molecular weight excluding hydrogens is 332 g/mol. The number of carbonyl (C=O) groups is 1. The SMILES string of the molecule is COC(=O)CC1CN(c2ccc(-c3ccnc(OC(F)F)c3)cn2)C1. The summed E-state index contributed by atoms with van der Waals surface area (Å²) in [6, 6.07) is 6.86. The lowest BCUT2D eigenvalue weighted by molar-refractivity contribution is -0.141. The van der Waals surface area contributed by atoms with E-state index in [2.05, 4.69) is 24.3 Å². The molecule has 1 aliphatic heterocycles. The standard InChI is InChI=1S/C17H17F2N3O3/c1-24-16(23)6-11-9-22(10-11)14-3-2-13(8-21-14)12-4-5-20-15(7-12)25-17(18)19/h2-5,7-8,11,17H,6,9-10H2,1H3. The highest BCUT2D eigenvalue weighted by Gasteiger charge is 2.29. The quantitative estimate of drug-likeness (QED) is 0.747. The van der Waals surface area contributed by atoms with Crippen molar-refractivity contribution in [2.24, 2.45) is 5.92 Å². The summed E-state index contributed by atoms with van der Waals surface area (Å²) in [7, 11) is 1.38. The fourth-order valence-corrected chi connectivity index (χ4v) is 2.69. The van der Waals surface area contributed by atoms with Crippen molar-refractivity contribution in [1.82, 2.24) is 9.97 Å². The van der Waals surface area contributed by atoms with Crippen LogP contribution in [-0.2, 0) is 9.53 Å². The van der Waals surface area contributed by atoms with Crippen LogP contribution in [-0.4, -0.2) is 42.7 Å². The molecule has 0 spiro atoms. The summed E-state index contributed by atoms with van der Waals surface area (Å²) in [5, 5.41) is 0. The second kappa shape index (κ2) is 7.42. The molecule has 1 aliphatic rings. The number of hydrogen-bond donors (Lipinski definition) is 0. The van der Waals surface area contributed by atoms with E-state index in [4.69, 9.17) is 0 Å². The maximum absolute atomic E-state index is 12.3. The van der Waals surface area contributed by atoms with Crippen LogP contribution in [0.3, 0.4) is 0 Å². The zero-order chi connectivity index (χ0) is 17.8. The lowest BCUT2D eigenvalue weighted by Crippen LogP contribution is -2.48. The third-order valence-electron chi connectivity index (χ3n) is 3.99. The van der Waals surface area contributed by atoms with Crippen LogP contribution < -0.4 is 9.64 Å². The van der Waals surface area contributed by atoms with E-state index in [1.807, 2.05) is 12.1 Å². The van der Waals surface area contributed by atoms with E-state index < -0.39 is 6.61 Å². The molecule has 0 aromatic carbocycles. The fraction of sp³-hybridized carbons (Fsp3) is 0.353. The molecule has 1 saturated heterocycles. The van der Waals surface area contributed by atoms with Crippen LogP contribution in [0.4, 0.5) is 14.6 Å². The maximum atomic E-state index is 12.3. The minimum Gasteiger partial charge on any atom is -0.469 e. The van der Waals surface area contributed by atoms with Crippen LogP contribution in [0.1, 0.15) is 6.42 Å². The maximum Gasteiger partial charge on any atom is 0.388 e. The number of nitrogens with zero attached hydrogens (tertiary/aromatic N) is 3. The average molecular weight is 349 g/mol. The molecule has 0 radical (unpaired) electrons. The molecule has 0 unspecified atom stereocenters. The number of rotatable bonds is 6. The third-order valence-corrected chi connectivity index (χ3v) is 3.99. The van der Waals surface area contributed by atoms with Crippen molar-refractivity contribution in [3.8, 4) is 17.0 Å². The molecule has 6 nitrogen and oxygen atoms in total. The topological polar surface area (TPSA) is 64.5 Å². The molecule has 25 heavy (non-hydrogen) atoms. The van der Waals surface area contributed by atoms with E-state index in [1.165, 1.54) is 19.4 Å². The van der Waals surface area contributed by atoms with Crippen LogP contribution >= 0.6 is 0 Å². The van der Waals surface area contributed by atoms with Crippen LogP contribution in [0.5, 0.6) is 5.88 Å². The van der Waals surface area contributed by atoms with Crippen LogP contribution in [0.25, 0.3) is 11.1 Å². The number of ether oxygens (including phenoxy) is 2. The highest BCUT2D eigenvalue weighted by atomic mass is 19.3. The molecule has 1 fully saturated rings. The Morgan fingerprint density at radius 1 is 1.28 bits per heavy atom. The Hall–Kier alpha value is -2.77. The Morgan fingerprint density at radius 2 is 2.08 bits per heavy atom.